The Kier molecular flexibility index (Phi) is 3.92. The molecule has 21 heavy (non-hydrogen) atoms. The minimum atomic E-state index is -1.28. The molecule has 1 heterocycles. The summed E-state index contributed by atoms with van der Waals surface area (Å²) in [6.45, 7) is 1.81. The number of rotatable bonds is 5. The smallest absolute Gasteiger partial charge is 0.358 e. The second kappa shape index (κ2) is 5.65. The van der Waals surface area contributed by atoms with Crippen LogP contribution >= 0.6 is 0 Å². The van der Waals surface area contributed by atoms with Crippen LogP contribution < -0.4 is 0 Å². The van der Waals surface area contributed by atoms with Crippen LogP contribution in [0.4, 0.5) is 10.1 Å². The van der Waals surface area contributed by atoms with Gasteiger partial charge in [0.05, 0.1) is 10.6 Å². The fourth-order valence-electron chi connectivity index (χ4n) is 1.90. The van der Waals surface area contributed by atoms with Crippen LogP contribution in [0.1, 0.15) is 29.5 Å². The van der Waals surface area contributed by atoms with Crippen LogP contribution in [0.5, 0.6) is 0 Å². The first-order chi connectivity index (χ1) is 9.95. The van der Waals surface area contributed by atoms with Crippen molar-refractivity contribution in [3.05, 3.63) is 45.5 Å². The summed E-state index contributed by atoms with van der Waals surface area (Å²) in [6.07, 6.45) is 0.890. The van der Waals surface area contributed by atoms with Gasteiger partial charge in [0.15, 0.2) is 5.69 Å². The second-order valence-corrected chi connectivity index (χ2v) is 4.24. The van der Waals surface area contributed by atoms with Crippen molar-refractivity contribution in [3.63, 3.8) is 0 Å². The molecular weight excluding hydrogens is 283 g/mol. The Morgan fingerprint density at radius 2 is 2.24 bits per heavy atom. The maximum atomic E-state index is 13.9. The van der Waals surface area contributed by atoms with Crippen LogP contribution in [0.25, 0.3) is 5.69 Å². The summed E-state index contributed by atoms with van der Waals surface area (Å²) in [4.78, 5) is 21.2. The van der Waals surface area contributed by atoms with E-state index in [0.29, 0.717) is 12.8 Å². The standard InChI is InChI=1S/C12H11FN4O4/c1-2-3-9-11(12(18)19)14-15-16(9)10-6-7(17(20)21)4-5-8(10)13/h4-6H,2-3H2,1H3,(H,18,19). The summed E-state index contributed by atoms with van der Waals surface area (Å²) in [7, 11) is 0. The number of nitro groups is 1. The van der Waals surface area contributed by atoms with E-state index in [4.69, 9.17) is 5.11 Å². The number of nitro benzene ring substituents is 1. The average Bonchev–Trinajstić information content (AvgIpc) is 2.83. The number of carboxylic acid groups (broad SMARTS) is 1. The maximum absolute atomic E-state index is 13.9. The highest BCUT2D eigenvalue weighted by Gasteiger charge is 2.22. The van der Waals surface area contributed by atoms with E-state index in [2.05, 4.69) is 10.3 Å². The van der Waals surface area contributed by atoms with E-state index in [1.165, 1.54) is 0 Å². The normalized spacial score (nSPS) is 10.6. The van der Waals surface area contributed by atoms with Gasteiger partial charge in [-0.05, 0) is 12.5 Å². The third kappa shape index (κ3) is 2.71. The molecule has 0 atom stereocenters. The minimum absolute atomic E-state index is 0.199. The van der Waals surface area contributed by atoms with Crippen LogP contribution in [-0.2, 0) is 6.42 Å². The van der Waals surface area contributed by atoms with Gasteiger partial charge in [0.2, 0.25) is 0 Å². The summed E-state index contributed by atoms with van der Waals surface area (Å²) in [5.74, 6) is -2.03. The van der Waals surface area contributed by atoms with Gasteiger partial charge in [-0.3, -0.25) is 10.1 Å². The number of hydrogen-bond donors (Lipinski definition) is 1. The van der Waals surface area contributed by atoms with Crippen LogP contribution in [0, 0.1) is 15.9 Å². The molecule has 0 aliphatic rings. The molecule has 0 fully saturated rings. The Labute approximate surface area is 118 Å². The molecule has 0 radical (unpaired) electrons. The van der Waals surface area contributed by atoms with Gasteiger partial charge in [-0.15, -0.1) is 5.10 Å². The van der Waals surface area contributed by atoms with E-state index < -0.39 is 16.7 Å². The molecule has 2 rings (SSSR count). The molecule has 1 aromatic heterocycles. The molecule has 8 nitrogen and oxygen atoms in total. The molecule has 0 saturated heterocycles. The van der Waals surface area contributed by atoms with Crippen molar-refractivity contribution in [2.45, 2.75) is 19.8 Å². The zero-order chi connectivity index (χ0) is 15.6. The quantitative estimate of drug-likeness (QED) is 0.666. The lowest BCUT2D eigenvalue weighted by Gasteiger charge is -2.07. The number of halogens is 1. The second-order valence-electron chi connectivity index (χ2n) is 4.24. The van der Waals surface area contributed by atoms with Crippen LogP contribution in [0.2, 0.25) is 0 Å². The Bertz CT molecular complexity index is 713. The van der Waals surface area contributed by atoms with E-state index in [1.807, 2.05) is 6.92 Å². The Balaban J connectivity index is 2.63. The number of benzene rings is 1. The zero-order valence-corrected chi connectivity index (χ0v) is 11.0. The van der Waals surface area contributed by atoms with Gasteiger partial charge >= 0.3 is 5.97 Å². The van der Waals surface area contributed by atoms with Crippen molar-refractivity contribution in [2.24, 2.45) is 0 Å². The maximum Gasteiger partial charge on any atom is 0.358 e. The molecule has 0 amide bonds. The monoisotopic (exact) mass is 294 g/mol. The van der Waals surface area contributed by atoms with E-state index >= 15 is 0 Å². The molecule has 0 bridgehead atoms. The van der Waals surface area contributed by atoms with Crippen LogP contribution in [0.15, 0.2) is 18.2 Å². The number of hydrogen-bond acceptors (Lipinski definition) is 5. The molecule has 1 aromatic carbocycles. The Morgan fingerprint density at radius 3 is 2.81 bits per heavy atom. The molecule has 0 aliphatic heterocycles. The number of aromatic nitrogens is 3. The van der Waals surface area contributed by atoms with E-state index in [9.17, 15) is 19.3 Å². The predicted molar refractivity (Wildman–Crippen MR) is 68.9 cm³/mol. The Morgan fingerprint density at radius 1 is 1.52 bits per heavy atom. The molecule has 0 saturated carbocycles. The molecule has 0 spiro atoms. The van der Waals surface area contributed by atoms with Crippen molar-refractivity contribution in [2.75, 3.05) is 0 Å². The third-order valence-corrected chi connectivity index (χ3v) is 2.82. The molecule has 2 aromatic rings. The van der Waals surface area contributed by atoms with Gasteiger partial charge in [0, 0.05) is 12.1 Å². The van der Waals surface area contributed by atoms with Crippen LogP contribution in [0.3, 0.4) is 0 Å². The number of aromatic carboxylic acids is 1. The SMILES string of the molecule is CCCc1c(C(=O)O)nnn1-c1cc([N+](=O)[O-])ccc1F. The molecular formula is C12H11FN4O4. The number of carbonyl (C=O) groups is 1. The van der Waals surface area contributed by atoms with E-state index in [1.54, 1.807) is 0 Å². The largest absolute Gasteiger partial charge is 0.476 e. The highest BCUT2D eigenvalue weighted by atomic mass is 19.1. The van der Waals surface area contributed by atoms with E-state index in [-0.39, 0.29) is 22.8 Å². The predicted octanol–water partition coefficient (Wildman–Crippen LogP) is 1.97. The van der Waals surface area contributed by atoms with Gasteiger partial charge in [0.25, 0.3) is 5.69 Å². The summed E-state index contributed by atoms with van der Waals surface area (Å²) < 4.78 is 14.9. The van der Waals surface area contributed by atoms with E-state index in [0.717, 1.165) is 22.9 Å². The van der Waals surface area contributed by atoms with Gasteiger partial charge in [-0.2, -0.15) is 0 Å². The topological polar surface area (TPSA) is 111 Å². The third-order valence-electron chi connectivity index (χ3n) is 2.82. The summed E-state index contributed by atoms with van der Waals surface area (Å²) >= 11 is 0. The van der Waals surface area contributed by atoms with Gasteiger partial charge in [-0.25, -0.2) is 13.9 Å². The fourth-order valence-corrected chi connectivity index (χ4v) is 1.90. The highest BCUT2D eigenvalue weighted by molar-refractivity contribution is 5.86. The van der Waals surface area contributed by atoms with Gasteiger partial charge in [-0.1, -0.05) is 18.6 Å². The average molecular weight is 294 g/mol. The summed E-state index contributed by atoms with van der Waals surface area (Å²) in [5.41, 5.74) is -0.610. The molecule has 110 valence electrons. The first-order valence-corrected chi connectivity index (χ1v) is 6.07. The number of non-ortho nitro benzene ring substituents is 1. The number of carboxylic acids is 1. The molecule has 0 unspecified atom stereocenters. The van der Waals surface area contributed by atoms with Crippen molar-refractivity contribution in [1.29, 1.82) is 0 Å². The fraction of sp³-hybridized carbons (Fsp3) is 0.250. The van der Waals surface area contributed by atoms with Gasteiger partial charge in [0.1, 0.15) is 11.5 Å². The highest BCUT2D eigenvalue weighted by Crippen LogP contribution is 2.22. The first kappa shape index (κ1) is 14.6. The summed E-state index contributed by atoms with van der Waals surface area (Å²) in [5, 5.41) is 26.9. The molecule has 0 aliphatic carbocycles. The lowest BCUT2D eigenvalue weighted by atomic mass is 10.2. The van der Waals surface area contributed by atoms with Crippen molar-refractivity contribution in [3.8, 4) is 5.69 Å². The summed E-state index contributed by atoms with van der Waals surface area (Å²) in [6, 6.07) is 2.95. The molecule has 9 heteroatoms. The van der Waals surface area contributed by atoms with Crippen molar-refractivity contribution < 1.29 is 19.2 Å². The van der Waals surface area contributed by atoms with Crippen LogP contribution in [-0.4, -0.2) is 31.0 Å². The van der Waals surface area contributed by atoms with Crippen molar-refractivity contribution >= 4 is 11.7 Å². The lowest BCUT2D eigenvalue weighted by Crippen LogP contribution is -2.08. The Hall–Kier alpha value is -2.84. The lowest BCUT2D eigenvalue weighted by molar-refractivity contribution is -0.384. The van der Waals surface area contributed by atoms with Gasteiger partial charge < -0.3 is 5.11 Å². The van der Waals surface area contributed by atoms with Crippen molar-refractivity contribution in [1.82, 2.24) is 15.0 Å². The first-order valence-electron chi connectivity index (χ1n) is 6.07. The minimum Gasteiger partial charge on any atom is -0.476 e. The number of nitrogens with zero attached hydrogens (tertiary/aromatic N) is 4. The molecule has 1 N–H and O–H groups in total. The zero-order valence-electron chi connectivity index (χ0n) is 11.0.